The average molecular weight is 272 g/mol. The maximum atomic E-state index is 13.8. The molecule has 0 unspecified atom stereocenters. The Morgan fingerprint density at radius 1 is 1.25 bits per heavy atom. The Balaban J connectivity index is 2.32. The van der Waals surface area contributed by atoms with E-state index in [0.29, 0.717) is 12.2 Å². The molecule has 0 N–H and O–H groups in total. The van der Waals surface area contributed by atoms with E-state index < -0.39 is 5.82 Å². The molecule has 20 heavy (non-hydrogen) atoms. The summed E-state index contributed by atoms with van der Waals surface area (Å²) in [5.41, 5.74) is 2.52. The molecule has 0 aliphatic carbocycles. The minimum atomic E-state index is -0.487. The summed E-state index contributed by atoms with van der Waals surface area (Å²) < 4.78 is 13.8. The second-order valence-electron chi connectivity index (χ2n) is 4.82. The summed E-state index contributed by atoms with van der Waals surface area (Å²) in [6.45, 7) is 3.82. The van der Waals surface area contributed by atoms with Gasteiger partial charge in [0.25, 0.3) is 0 Å². The summed E-state index contributed by atoms with van der Waals surface area (Å²) in [7, 11) is 1.82. The summed E-state index contributed by atoms with van der Waals surface area (Å²) in [6.07, 6.45) is 0. The number of aryl methyl sites for hydroxylation is 1. The maximum absolute atomic E-state index is 13.8. The number of rotatable bonds is 4. The van der Waals surface area contributed by atoms with E-state index in [4.69, 9.17) is 0 Å². The lowest BCUT2D eigenvalue weighted by molar-refractivity contribution is 0.101. The molecule has 0 saturated heterocycles. The van der Waals surface area contributed by atoms with Gasteiger partial charge in [-0.3, -0.25) is 9.78 Å². The lowest BCUT2D eigenvalue weighted by Gasteiger charge is -2.21. The Kier molecular flexibility index (Phi) is 4.13. The Morgan fingerprint density at radius 2 is 1.95 bits per heavy atom. The van der Waals surface area contributed by atoms with Crippen LogP contribution in [0.3, 0.4) is 0 Å². The molecular formula is C16H17FN2O. The largest absolute Gasteiger partial charge is 0.368 e. The molecule has 0 amide bonds. The number of Topliss-reactive ketones (excluding diaryl/α,β-unsaturated/α-hetero) is 1. The van der Waals surface area contributed by atoms with E-state index in [1.165, 1.54) is 13.0 Å². The second-order valence-corrected chi connectivity index (χ2v) is 4.82. The van der Waals surface area contributed by atoms with Crippen molar-refractivity contribution in [1.29, 1.82) is 0 Å². The van der Waals surface area contributed by atoms with Crippen LogP contribution >= 0.6 is 0 Å². The van der Waals surface area contributed by atoms with Crippen molar-refractivity contribution in [2.75, 3.05) is 11.9 Å². The van der Waals surface area contributed by atoms with Gasteiger partial charge in [0, 0.05) is 12.7 Å². The van der Waals surface area contributed by atoms with Crippen molar-refractivity contribution < 1.29 is 9.18 Å². The molecule has 2 rings (SSSR count). The highest BCUT2D eigenvalue weighted by atomic mass is 19.1. The van der Waals surface area contributed by atoms with Gasteiger partial charge in [-0.05, 0) is 38.1 Å². The Labute approximate surface area is 118 Å². The molecule has 3 nitrogen and oxygen atoms in total. The molecular weight excluding hydrogens is 255 g/mol. The zero-order valence-corrected chi connectivity index (χ0v) is 11.9. The molecule has 104 valence electrons. The van der Waals surface area contributed by atoms with Crippen molar-refractivity contribution in [3.05, 3.63) is 59.2 Å². The van der Waals surface area contributed by atoms with E-state index in [2.05, 4.69) is 4.98 Å². The van der Waals surface area contributed by atoms with Crippen LogP contribution < -0.4 is 4.90 Å². The van der Waals surface area contributed by atoms with Crippen LogP contribution in [-0.2, 0) is 6.54 Å². The van der Waals surface area contributed by atoms with E-state index in [-0.39, 0.29) is 11.3 Å². The van der Waals surface area contributed by atoms with Gasteiger partial charge in [0.1, 0.15) is 5.82 Å². The van der Waals surface area contributed by atoms with Gasteiger partial charge in [-0.2, -0.15) is 0 Å². The van der Waals surface area contributed by atoms with E-state index in [0.717, 1.165) is 11.4 Å². The predicted octanol–water partition coefficient (Wildman–Crippen LogP) is 3.37. The first-order valence-electron chi connectivity index (χ1n) is 6.42. The minimum Gasteiger partial charge on any atom is -0.368 e. The monoisotopic (exact) mass is 272 g/mol. The standard InChI is InChI=1S/C16H17FN2O/c1-11-6-4-7-13(18-11)10-19(3)15-9-5-8-14(17)16(15)12(2)20/h4-9H,10H2,1-3H3. The number of aromatic nitrogens is 1. The molecule has 0 aliphatic rings. The summed E-state index contributed by atoms with van der Waals surface area (Å²) in [4.78, 5) is 17.9. The molecule has 0 fully saturated rings. The zero-order chi connectivity index (χ0) is 14.7. The molecule has 1 aromatic heterocycles. The van der Waals surface area contributed by atoms with Crippen LogP contribution in [-0.4, -0.2) is 17.8 Å². The van der Waals surface area contributed by atoms with Crippen LogP contribution in [0.25, 0.3) is 0 Å². The van der Waals surface area contributed by atoms with Crippen molar-refractivity contribution in [2.24, 2.45) is 0 Å². The fourth-order valence-corrected chi connectivity index (χ4v) is 2.20. The number of halogens is 1. The van der Waals surface area contributed by atoms with Crippen LogP contribution in [0.1, 0.15) is 28.7 Å². The number of carbonyl (C=O) groups is 1. The van der Waals surface area contributed by atoms with Crippen LogP contribution in [0.4, 0.5) is 10.1 Å². The van der Waals surface area contributed by atoms with Gasteiger partial charge >= 0.3 is 0 Å². The molecule has 0 bridgehead atoms. The summed E-state index contributed by atoms with van der Waals surface area (Å²) in [5.74, 6) is -0.763. The molecule has 1 heterocycles. The van der Waals surface area contributed by atoms with Crippen molar-refractivity contribution >= 4 is 11.5 Å². The van der Waals surface area contributed by atoms with Crippen LogP contribution in [0.5, 0.6) is 0 Å². The normalized spacial score (nSPS) is 10.4. The van der Waals surface area contributed by atoms with E-state index in [9.17, 15) is 9.18 Å². The highest BCUT2D eigenvalue weighted by Gasteiger charge is 2.16. The van der Waals surface area contributed by atoms with Crippen molar-refractivity contribution in [3.8, 4) is 0 Å². The topological polar surface area (TPSA) is 33.2 Å². The van der Waals surface area contributed by atoms with Gasteiger partial charge < -0.3 is 4.90 Å². The number of carbonyl (C=O) groups excluding carboxylic acids is 1. The van der Waals surface area contributed by atoms with Gasteiger partial charge in [-0.1, -0.05) is 12.1 Å². The zero-order valence-electron chi connectivity index (χ0n) is 11.9. The van der Waals surface area contributed by atoms with E-state index in [1.807, 2.05) is 37.1 Å². The summed E-state index contributed by atoms with van der Waals surface area (Å²) in [5, 5.41) is 0. The Hall–Kier alpha value is -2.23. The molecule has 0 aliphatic heterocycles. The predicted molar refractivity (Wildman–Crippen MR) is 77.5 cm³/mol. The van der Waals surface area contributed by atoms with Gasteiger partial charge in [-0.25, -0.2) is 4.39 Å². The molecule has 4 heteroatoms. The molecule has 1 aromatic carbocycles. The first-order valence-corrected chi connectivity index (χ1v) is 6.42. The smallest absolute Gasteiger partial charge is 0.164 e. The van der Waals surface area contributed by atoms with E-state index in [1.54, 1.807) is 12.1 Å². The number of anilines is 1. The number of pyridine rings is 1. The lowest BCUT2D eigenvalue weighted by atomic mass is 10.1. The lowest BCUT2D eigenvalue weighted by Crippen LogP contribution is -2.20. The first kappa shape index (κ1) is 14.2. The fraction of sp³-hybridized carbons (Fsp3) is 0.250. The quantitative estimate of drug-likeness (QED) is 0.800. The third kappa shape index (κ3) is 3.02. The summed E-state index contributed by atoms with van der Waals surface area (Å²) in [6, 6.07) is 10.4. The van der Waals surface area contributed by atoms with Gasteiger partial charge in [0.2, 0.25) is 0 Å². The number of nitrogens with zero attached hydrogens (tertiary/aromatic N) is 2. The number of hydrogen-bond acceptors (Lipinski definition) is 3. The summed E-state index contributed by atoms with van der Waals surface area (Å²) >= 11 is 0. The van der Waals surface area contributed by atoms with Gasteiger partial charge in [0.15, 0.2) is 5.78 Å². The maximum Gasteiger partial charge on any atom is 0.164 e. The van der Waals surface area contributed by atoms with Crippen molar-refractivity contribution in [2.45, 2.75) is 20.4 Å². The van der Waals surface area contributed by atoms with Crippen LogP contribution in [0.15, 0.2) is 36.4 Å². The number of hydrogen-bond donors (Lipinski definition) is 0. The Bertz CT molecular complexity index is 640. The van der Waals surface area contributed by atoms with E-state index >= 15 is 0 Å². The number of benzene rings is 1. The highest BCUT2D eigenvalue weighted by Crippen LogP contribution is 2.24. The third-order valence-corrected chi connectivity index (χ3v) is 3.10. The SMILES string of the molecule is CC(=O)c1c(F)cccc1N(C)Cc1cccc(C)n1. The van der Waals surface area contributed by atoms with Crippen LogP contribution in [0.2, 0.25) is 0 Å². The molecule has 0 atom stereocenters. The Morgan fingerprint density at radius 3 is 2.60 bits per heavy atom. The van der Waals surface area contributed by atoms with Gasteiger partial charge in [0.05, 0.1) is 23.5 Å². The fourth-order valence-electron chi connectivity index (χ4n) is 2.20. The second kappa shape index (κ2) is 5.82. The van der Waals surface area contributed by atoms with Crippen LogP contribution in [0, 0.1) is 12.7 Å². The average Bonchev–Trinajstić information content (AvgIpc) is 2.37. The first-order chi connectivity index (χ1) is 9.49. The molecule has 2 aromatic rings. The minimum absolute atomic E-state index is 0.127. The van der Waals surface area contributed by atoms with Crippen molar-refractivity contribution in [3.63, 3.8) is 0 Å². The van der Waals surface area contributed by atoms with Gasteiger partial charge in [-0.15, -0.1) is 0 Å². The third-order valence-electron chi connectivity index (χ3n) is 3.10. The highest BCUT2D eigenvalue weighted by molar-refractivity contribution is 5.99. The molecule has 0 saturated carbocycles. The van der Waals surface area contributed by atoms with Crippen molar-refractivity contribution in [1.82, 2.24) is 4.98 Å². The molecule has 0 spiro atoms. The molecule has 0 radical (unpaired) electrons. The number of ketones is 1.